The van der Waals surface area contributed by atoms with Crippen molar-refractivity contribution in [3.63, 3.8) is 0 Å². The van der Waals surface area contributed by atoms with Gasteiger partial charge in [0.05, 0.1) is 0 Å². The number of carbonyl (C=O) groups excluding carboxylic acids is 1. The molecule has 0 bridgehead atoms. The van der Waals surface area contributed by atoms with Crippen molar-refractivity contribution in [2.45, 2.75) is 20.8 Å². The Labute approximate surface area is 150 Å². The highest BCUT2D eigenvalue weighted by Gasteiger charge is 2.12. The van der Waals surface area contributed by atoms with Crippen LogP contribution < -0.4 is 5.32 Å². The normalized spacial score (nSPS) is 11.0. The molecule has 2 N–H and O–H groups in total. The fourth-order valence-electron chi connectivity index (χ4n) is 3.03. The number of fused-ring (bicyclic) bond motifs is 1. The van der Waals surface area contributed by atoms with Gasteiger partial charge < -0.3 is 14.7 Å². The minimum atomic E-state index is -0.140. The Bertz CT molecular complexity index is 1110. The highest BCUT2D eigenvalue weighted by atomic mass is 16.4. The quantitative estimate of drug-likeness (QED) is 0.576. The number of benzene rings is 2. The van der Waals surface area contributed by atoms with Gasteiger partial charge in [-0.3, -0.25) is 4.79 Å². The molecule has 2 aromatic heterocycles. The molecule has 0 spiro atoms. The summed E-state index contributed by atoms with van der Waals surface area (Å²) in [6.07, 6.45) is 1.29. The van der Waals surface area contributed by atoms with Gasteiger partial charge in [0.1, 0.15) is 0 Å². The van der Waals surface area contributed by atoms with Crippen LogP contribution in [0.2, 0.25) is 0 Å². The summed E-state index contributed by atoms with van der Waals surface area (Å²) in [5.74, 6) is 0.313. The molecule has 0 radical (unpaired) electrons. The lowest BCUT2D eigenvalue weighted by Gasteiger charge is -2.09. The number of nitrogens with zero attached hydrogens (tertiary/aromatic N) is 2. The first-order valence-electron chi connectivity index (χ1n) is 8.30. The molecule has 4 rings (SSSR count). The Balaban J connectivity index is 1.61. The second kappa shape index (κ2) is 6.15. The number of aromatic amines is 1. The first-order chi connectivity index (χ1) is 12.5. The van der Waals surface area contributed by atoms with Gasteiger partial charge in [0.15, 0.2) is 0 Å². The molecule has 2 aromatic carbocycles. The van der Waals surface area contributed by atoms with Crippen LogP contribution in [-0.2, 0) is 0 Å². The van der Waals surface area contributed by atoms with E-state index in [-0.39, 0.29) is 5.91 Å². The van der Waals surface area contributed by atoms with Crippen LogP contribution in [0, 0.1) is 20.8 Å². The van der Waals surface area contributed by atoms with Crippen molar-refractivity contribution in [1.29, 1.82) is 0 Å². The minimum absolute atomic E-state index is 0.140. The summed E-state index contributed by atoms with van der Waals surface area (Å²) in [7, 11) is 0. The average Bonchev–Trinajstić information content (AvgIpc) is 3.26. The number of nitrogens with one attached hydrogen (secondary N) is 2. The monoisotopic (exact) mass is 346 g/mol. The van der Waals surface area contributed by atoms with E-state index in [1.807, 2.05) is 50.2 Å². The minimum Gasteiger partial charge on any atom is -0.423 e. The van der Waals surface area contributed by atoms with Gasteiger partial charge >= 0.3 is 0 Å². The van der Waals surface area contributed by atoms with Gasteiger partial charge in [-0.2, -0.15) is 0 Å². The second-order valence-corrected chi connectivity index (χ2v) is 6.36. The summed E-state index contributed by atoms with van der Waals surface area (Å²) in [6, 6.07) is 11.3. The molecule has 6 heteroatoms. The Kier molecular flexibility index (Phi) is 3.80. The standard InChI is InChI=1S/C20H18N4O2/c1-11-8-15(20-24-21-10-26-20)5-6-17(11)23-19(25)14-4-7-18-16(9-14)12(2)13(3)22-18/h4-10,22H,1-3H3,(H,23,25). The van der Waals surface area contributed by atoms with Gasteiger partial charge in [0.2, 0.25) is 12.3 Å². The number of aromatic nitrogens is 3. The number of hydrogen-bond donors (Lipinski definition) is 2. The predicted octanol–water partition coefficient (Wildman–Crippen LogP) is 4.40. The molecule has 1 amide bonds. The summed E-state index contributed by atoms with van der Waals surface area (Å²) in [4.78, 5) is 16.0. The maximum Gasteiger partial charge on any atom is 0.255 e. The van der Waals surface area contributed by atoms with Crippen molar-refractivity contribution in [2.75, 3.05) is 5.32 Å². The van der Waals surface area contributed by atoms with E-state index in [1.54, 1.807) is 0 Å². The number of carbonyl (C=O) groups is 1. The molecule has 0 aliphatic carbocycles. The third kappa shape index (κ3) is 2.75. The third-order valence-electron chi connectivity index (χ3n) is 4.65. The number of anilines is 1. The van der Waals surface area contributed by atoms with Gasteiger partial charge in [-0.15, -0.1) is 10.2 Å². The predicted molar refractivity (Wildman–Crippen MR) is 100 cm³/mol. The van der Waals surface area contributed by atoms with E-state index in [4.69, 9.17) is 4.42 Å². The zero-order chi connectivity index (χ0) is 18.3. The molecule has 0 fully saturated rings. The van der Waals surface area contributed by atoms with Crippen LogP contribution >= 0.6 is 0 Å². The van der Waals surface area contributed by atoms with E-state index in [2.05, 4.69) is 27.4 Å². The van der Waals surface area contributed by atoms with Crippen LogP contribution in [0.15, 0.2) is 47.2 Å². The number of rotatable bonds is 3. The Hall–Kier alpha value is -3.41. The largest absolute Gasteiger partial charge is 0.423 e. The van der Waals surface area contributed by atoms with Gasteiger partial charge in [0.25, 0.3) is 5.91 Å². The molecular formula is C20H18N4O2. The number of aryl methyl sites for hydroxylation is 3. The lowest BCUT2D eigenvalue weighted by Crippen LogP contribution is -2.12. The molecule has 130 valence electrons. The number of hydrogen-bond acceptors (Lipinski definition) is 4. The molecule has 0 atom stereocenters. The van der Waals surface area contributed by atoms with Crippen LogP contribution in [0.3, 0.4) is 0 Å². The van der Waals surface area contributed by atoms with E-state index in [1.165, 1.54) is 6.39 Å². The lowest BCUT2D eigenvalue weighted by atomic mass is 10.1. The number of amides is 1. The Morgan fingerprint density at radius 3 is 2.69 bits per heavy atom. The van der Waals surface area contributed by atoms with Crippen LogP contribution in [-0.4, -0.2) is 21.1 Å². The fraction of sp³-hybridized carbons (Fsp3) is 0.150. The summed E-state index contributed by atoms with van der Waals surface area (Å²) in [5, 5.41) is 11.6. The molecule has 0 aliphatic rings. The SMILES string of the molecule is Cc1cc(-c2nnco2)ccc1NC(=O)c1ccc2[nH]c(C)c(C)c2c1. The van der Waals surface area contributed by atoms with Crippen molar-refractivity contribution in [1.82, 2.24) is 15.2 Å². The van der Waals surface area contributed by atoms with E-state index >= 15 is 0 Å². The van der Waals surface area contributed by atoms with Gasteiger partial charge in [-0.25, -0.2) is 0 Å². The molecule has 0 saturated carbocycles. The van der Waals surface area contributed by atoms with E-state index in [0.717, 1.165) is 39.0 Å². The maximum absolute atomic E-state index is 12.7. The van der Waals surface area contributed by atoms with Crippen LogP contribution in [0.5, 0.6) is 0 Å². The fourth-order valence-corrected chi connectivity index (χ4v) is 3.03. The molecule has 4 aromatic rings. The topological polar surface area (TPSA) is 83.8 Å². The van der Waals surface area contributed by atoms with Crippen molar-refractivity contribution in [2.24, 2.45) is 0 Å². The summed E-state index contributed by atoms with van der Waals surface area (Å²) < 4.78 is 5.21. The van der Waals surface area contributed by atoms with Crippen LogP contribution in [0.25, 0.3) is 22.4 Å². The molecule has 0 saturated heterocycles. The molecule has 6 nitrogen and oxygen atoms in total. The first kappa shape index (κ1) is 16.1. The maximum atomic E-state index is 12.7. The van der Waals surface area contributed by atoms with Gasteiger partial charge in [-0.1, -0.05) is 0 Å². The van der Waals surface area contributed by atoms with Crippen molar-refractivity contribution >= 4 is 22.5 Å². The second-order valence-electron chi connectivity index (χ2n) is 6.36. The van der Waals surface area contributed by atoms with Crippen LogP contribution in [0.4, 0.5) is 5.69 Å². The molecule has 0 unspecified atom stereocenters. The van der Waals surface area contributed by atoms with Crippen molar-refractivity contribution in [3.8, 4) is 11.5 Å². The lowest BCUT2D eigenvalue weighted by molar-refractivity contribution is 0.102. The molecule has 0 aliphatic heterocycles. The Morgan fingerprint density at radius 1 is 1.12 bits per heavy atom. The van der Waals surface area contributed by atoms with E-state index in [0.29, 0.717) is 11.5 Å². The highest BCUT2D eigenvalue weighted by Crippen LogP contribution is 2.25. The smallest absolute Gasteiger partial charge is 0.255 e. The van der Waals surface area contributed by atoms with Gasteiger partial charge in [-0.05, 0) is 68.3 Å². The van der Waals surface area contributed by atoms with Crippen LogP contribution in [0.1, 0.15) is 27.2 Å². The zero-order valence-corrected chi connectivity index (χ0v) is 14.8. The summed E-state index contributed by atoms with van der Waals surface area (Å²) in [6.45, 7) is 6.01. The molecular weight excluding hydrogens is 328 g/mol. The molecule has 2 heterocycles. The summed E-state index contributed by atoms with van der Waals surface area (Å²) >= 11 is 0. The van der Waals surface area contributed by atoms with Crippen molar-refractivity contribution < 1.29 is 9.21 Å². The Morgan fingerprint density at radius 2 is 1.96 bits per heavy atom. The first-order valence-corrected chi connectivity index (χ1v) is 8.30. The summed E-state index contributed by atoms with van der Waals surface area (Å²) in [5.41, 5.74) is 6.43. The highest BCUT2D eigenvalue weighted by molar-refractivity contribution is 6.07. The third-order valence-corrected chi connectivity index (χ3v) is 4.65. The number of H-pyrrole nitrogens is 1. The zero-order valence-electron chi connectivity index (χ0n) is 14.8. The van der Waals surface area contributed by atoms with E-state index < -0.39 is 0 Å². The molecule has 26 heavy (non-hydrogen) atoms. The van der Waals surface area contributed by atoms with Gasteiger partial charge in [0, 0.05) is 33.4 Å². The van der Waals surface area contributed by atoms with Crippen molar-refractivity contribution in [3.05, 3.63) is 65.2 Å². The average molecular weight is 346 g/mol. The van der Waals surface area contributed by atoms with E-state index in [9.17, 15) is 4.79 Å².